The lowest BCUT2D eigenvalue weighted by Crippen LogP contribution is -2.62. The van der Waals surface area contributed by atoms with Gasteiger partial charge in [0.25, 0.3) is 5.91 Å². The predicted octanol–water partition coefficient (Wildman–Crippen LogP) is 0.578. The molecular weight excluding hydrogens is 390 g/mol. The Balaban J connectivity index is 3.03. The fraction of sp³-hybridized carbons (Fsp3) is 0.714. The maximum absolute atomic E-state index is 12.9. The van der Waals surface area contributed by atoms with Crippen molar-refractivity contribution in [3.8, 4) is 0 Å². The molecule has 2 amide bonds. The van der Waals surface area contributed by atoms with Gasteiger partial charge in [-0.05, 0) is 26.2 Å². The van der Waals surface area contributed by atoms with Gasteiger partial charge in [-0.2, -0.15) is 0 Å². The molecule has 1 rings (SSSR count). The molecule has 0 unspecified atom stereocenters. The molecule has 0 bridgehead atoms. The van der Waals surface area contributed by atoms with E-state index in [-0.39, 0.29) is 24.6 Å². The standard InChI is InChI=1S/C21H37N3O6/c1-8-11-23-18(26)13(2)24-19(27)17(28-12-22)16-15(25)14(9-10-20(3,4)5)29-21(6,7)30-16/h8-10,13-17,25H,1,11-12,22H2,2-7H3,(H,23,26)(H,24,27)/b10-9+/t13-,14+,15-,16+,17+/m0/s1. The summed E-state index contributed by atoms with van der Waals surface area (Å²) in [5.41, 5.74) is 5.39. The van der Waals surface area contributed by atoms with Crippen molar-refractivity contribution in [2.75, 3.05) is 13.3 Å². The number of rotatable bonds is 9. The van der Waals surface area contributed by atoms with Gasteiger partial charge in [-0.1, -0.05) is 39.0 Å². The molecule has 172 valence electrons. The molecule has 0 aromatic rings. The van der Waals surface area contributed by atoms with E-state index >= 15 is 0 Å². The molecule has 5 N–H and O–H groups in total. The van der Waals surface area contributed by atoms with Crippen molar-refractivity contribution in [2.24, 2.45) is 11.1 Å². The van der Waals surface area contributed by atoms with Crippen molar-refractivity contribution in [1.29, 1.82) is 0 Å². The second kappa shape index (κ2) is 11.0. The van der Waals surface area contributed by atoms with E-state index in [0.29, 0.717) is 0 Å². The monoisotopic (exact) mass is 427 g/mol. The largest absolute Gasteiger partial charge is 0.387 e. The van der Waals surface area contributed by atoms with Gasteiger partial charge in [-0.15, -0.1) is 6.58 Å². The predicted molar refractivity (Wildman–Crippen MR) is 113 cm³/mol. The van der Waals surface area contributed by atoms with Crippen LogP contribution in [-0.4, -0.2) is 66.4 Å². The van der Waals surface area contributed by atoms with Crippen LogP contribution in [0.1, 0.15) is 41.5 Å². The van der Waals surface area contributed by atoms with Crippen molar-refractivity contribution in [1.82, 2.24) is 10.6 Å². The first-order chi connectivity index (χ1) is 13.8. The van der Waals surface area contributed by atoms with Crippen molar-refractivity contribution < 1.29 is 28.9 Å². The van der Waals surface area contributed by atoms with E-state index in [0.717, 1.165) is 0 Å². The number of aliphatic hydroxyl groups is 1. The third-order valence-electron chi connectivity index (χ3n) is 4.30. The highest BCUT2D eigenvalue weighted by Gasteiger charge is 2.48. The number of hydrogen-bond acceptors (Lipinski definition) is 7. The first-order valence-corrected chi connectivity index (χ1v) is 10.0. The van der Waals surface area contributed by atoms with Gasteiger partial charge in [0, 0.05) is 6.54 Å². The lowest BCUT2D eigenvalue weighted by atomic mass is 9.93. The van der Waals surface area contributed by atoms with Crippen LogP contribution in [-0.2, 0) is 23.8 Å². The SMILES string of the molecule is C=CCNC(=O)[C@H](C)NC(=O)[C@H](OCN)[C@@H]1OC(C)(C)O[C@H](/C=C/C(C)(C)C)[C@@H]1O. The van der Waals surface area contributed by atoms with Gasteiger partial charge in [0.2, 0.25) is 5.91 Å². The molecule has 0 aromatic heterocycles. The number of ether oxygens (including phenoxy) is 3. The van der Waals surface area contributed by atoms with Crippen LogP contribution in [0.4, 0.5) is 0 Å². The Bertz CT molecular complexity index is 629. The summed E-state index contributed by atoms with van der Waals surface area (Å²) < 4.78 is 17.1. The molecule has 30 heavy (non-hydrogen) atoms. The van der Waals surface area contributed by atoms with Crippen LogP contribution in [0.2, 0.25) is 0 Å². The van der Waals surface area contributed by atoms with Crippen molar-refractivity contribution >= 4 is 11.8 Å². The molecule has 0 saturated carbocycles. The molecule has 1 saturated heterocycles. The highest BCUT2D eigenvalue weighted by Crippen LogP contribution is 2.31. The number of carbonyl (C=O) groups excluding carboxylic acids is 2. The highest BCUT2D eigenvalue weighted by atomic mass is 16.7. The number of hydrogen-bond donors (Lipinski definition) is 4. The van der Waals surface area contributed by atoms with Crippen molar-refractivity contribution in [2.45, 2.75) is 77.8 Å². The third kappa shape index (κ3) is 8.16. The second-order valence-corrected chi connectivity index (χ2v) is 8.80. The van der Waals surface area contributed by atoms with E-state index in [4.69, 9.17) is 19.9 Å². The molecule has 0 radical (unpaired) electrons. The number of amides is 2. The normalized spacial score (nSPS) is 26.1. The first-order valence-electron chi connectivity index (χ1n) is 10.0. The zero-order chi connectivity index (χ0) is 23.1. The van der Waals surface area contributed by atoms with Crippen LogP contribution in [0, 0.1) is 5.41 Å². The smallest absolute Gasteiger partial charge is 0.252 e. The average Bonchev–Trinajstić information content (AvgIpc) is 2.63. The maximum Gasteiger partial charge on any atom is 0.252 e. The van der Waals surface area contributed by atoms with Crippen LogP contribution in [0.15, 0.2) is 24.8 Å². The highest BCUT2D eigenvalue weighted by molar-refractivity contribution is 5.89. The topological polar surface area (TPSA) is 132 Å². The summed E-state index contributed by atoms with van der Waals surface area (Å²) in [5.74, 6) is -2.09. The Kier molecular flexibility index (Phi) is 9.64. The van der Waals surface area contributed by atoms with E-state index in [9.17, 15) is 14.7 Å². The molecular formula is C21H37N3O6. The van der Waals surface area contributed by atoms with E-state index in [1.165, 1.54) is 13.0 Å². The minimum Gasteiger partial charge on any atom is -0.387 e. The molecule has 9 heteroatoms. The van der Waals surface area contributed by atoms with Gasteiger partial charge in [0.05, 0.1) is 6.73 Å². The van der Waals surface area contributed by atoms with E-state index in [2.05, 4.69) is 17.2 Å². The van der Waals surface area contributed by atoms with Crippen LogP contribution in [0.25, 0.3) is 0 Å². The Morgan fingerprint density at radius 1 is 1.30 bits per heavy atom. The average molecular weight is 428 g/mol. The molecule has 1 fully saturated rings. The summed E-state index contributed by atoms with van der Waals surface area (Å²) in [6.45, 7) is 14.5. The fourth-order valence-corrected chi connectivity index (χ4v) is 2.90. The van der Waals surface area contributed by atoms with E-state index in [1.54, 1.807) is 19.9 Å². The Labute approximate surface area is 179 Å². The van der Waals surface area contributed by atoms with Crippen LogP contribution in [0.5, 0.6) is 0 Å². The fourth-order valence-electron chi connectivity index (χ4n) is 2.90. The molecule has 0 aliphatic carbocycles. The number of carbonyl (C=O) groups is 2. The maximum atomic E-state index is 12.9. The van der Waals surface area contributed by atoms with Crippen molar-refractivity contribution in [3.63, 3.8) is 0 Å². The van der Waals surface area contributed by atoms with E-state index in [1.807, 2.05) is 26.8 Å². The molecule has 9 nitrogen and oxygen atoms in total. The van der Waals surface area contributed by atoms with Crippen LogP contribution >= 0.6 is 0 Å². The number of nitrogens with two attached hydrogens (primary N) is 1. The van der Waals surface area contributed by atoms with Gasteiger partial charge >= 0.3 is 0 Å². The molecule has 0 spiro atoms. The first kappa shape index (κ1) is 26.3. The Morgan fingerprint density at radius 2 is 1.93 bits per heavy atom. The summed E-state index contributed by atoms with van der Waals surface area (Å²) >= 11 is 0. The lowest BCUT2D eigenvalue weighted by Gasteiger charge is -2.45. The summed E-state index contributed by atoms with van der Waals surface area (Å²) in [5, 5.41) is 16.0. The van der Waals surface area contributed by atoms with Crippen molar-refractivity contribution in [3.05, 3.63) is 24.8 Å². The third-order valence-corrected chi connectivity index (χ3v) is 4.30. The quantitative estimate of drug-likeness (QED) is 0.312. The molecule has 5 atom stereocenters. The van der Waals surface area contributed by atoms with Gasteiger partial charge < -0.3 is 35.7 Å². The zero-order valence-electron chi connectivity index (χ0n) is 18.8. The van der Waals surface area contributed by atoms with Crippen LogP contribution < -0.4 is 16.4 Å². The van der Waals surface area contributed by atoms with Gasteiger partial charge in [0.1, 0.15) is 24.4 Å². The summed E-state index contributed by atoms with van der Waals surface area (Å²) in [4.78, 5) is 24.9. The number of nitrogens with one attached hydrogen (secondary N) is 2. The molecule has 1 heterocycles. The Hall–Kier alpha value is -1.78. The van der Waals surface area contributed by atoms with Gasteiger partial charge in [0.15, 0.2) is 11.9 Å². The minimum absolute atomic E-state index is 0.125. The summed E-state index contributed by atoms with van der Waals surface area (Å²) in [7, 11) is 0. The van der Waals surface area contributed by atoms with E-state index < -0.39 is 42.2 Å². The lowest BCUT2D eigenvalue weighted by molar-refractivity contribution is -0.335. The van der Waals surface area contributed by atoms with Crippen LogP contribution in [0.3, 0.4) is 0 Å². The molecule has 1 aliphatic rings. The molecule has 0 aromatic carbocycles. The number of allylic oxidation sites excluding steroid dienone is 1. The minimum atomic E-state index is -1.24. The Morgan fingerprint density at radius 3 is 2.47 bits per heavy atom. The summed E-state index contributed by atoms with van der Waals surface area (Å²) in [6.07, 6.45) is 0.997. The van der Waals surface area contributed by atoms with Gasteiger partial charge in [-0.25, -0.2) is 0 Å². The number of aliphatic hydroxyl groups excluding tert-OH is 1. The molecule has 1 aliphatic heterocycles. The summed E-state index contributed by atoms with van der Waals surface area (Å²) in [6, 6.07) is -0.831. The zero-order valence-corrected chi connectivity index (χ0v) is 18.8. The van der Waals surface area contributed by atoms with Gasteiger partial charge in [-0.3, -0.25) is 9.59 Å². The second-order valence-electron chi connectivity index (χ2n) is 8.80.